The van der Waals surface area contributed by atoms with Crippen molar-refractivity contribution in [1.82, 2.24) is 63.5 Å². The van der Waals surface area contributed by atoms with Crippen LogP contribution in [0.3, 0.4) is 0 Å². The number of hydrogen-bond donors (Lipinski definition) is 3. The van der Waals surface area contributed by atoms with E-state index < -0.39 is 25.6 Å². The number of sulfone groups is 2. The van der Waals surface area contributed by atoms with Gasteiger partial charge in [-0.3, -0.25) is 4.79 Å². The zero-order valence-electron chi connectivity index (χ0n) is 72.4. The van der Waals surface area contributed by atoms with Crippen LogP contribution < -0.4 is 40.6 Å². The number of carbonyl (C=O) groups excluding carboxylic acids is 3. The molecular weight excluding hydrogens is 1620 g/mol. The normalized spacial score (nSPS) is 21.4. The minimum atomic E-state index is -3.23. The van der Waals surface area contributed by atoms with Crippen molar-refractivity contribution in [1.29, 1.82) is 0 Å². The summed E-state index contributed by atoms with van der Waals surface area (Å²) in [5.41, 5.74) is 15.6. The van der Waals surface area contributed by atoms with Gasteiger partial charge >= 0.3 is 47.5 Å². The molecule has 8 heterocycles. The van der Waals surface area contributed by atoms with Crippen LogP contribution in [0.2, 0.25) is 0 Å². The van der Waals surface area contributed by atoms with E-state index in [1.165, 1.54) is 175 Å². The largest absolute Gasteiger partial charge is 1.00 e. The number of rotatable bonds is 23. The van der Waals surface area contributed by atoms with Crippen molar-refractivity contribution in [2.24, 2.45) is 53.1 Å². The summed E-state index contributed by atoms with van der Waals surface area (Å²) < 4.78 is 65.6. The summed E-state index contributed by atoms with van der Waals surface area (Å²) in [6.45, 7) is 13.4. The number of pyridine rings is 4. The fourth-order valence-corrected chi connectivity index (χ4v) is 19.5. The maximum Gasteiger partial charge on any atom is 1.00 e. The Morgan fingerprint density at radius 2 is 0.680 bits per heavy atom. The summed E-state index contributed by atoms with van der Waals surface area (Å²) >= 11 is 0. The monoisotopic (exact) mass is 1740 g/mol. The topological polar surface area (TPSA) is 366 Å². The zero-order chi connectivity index (χ0) is 83.8. The molecule has 0 bridgehead atoms. The molecule has 2 aromatic carbocycles. The molecule has 122 heavy (non-hydrogen) atoms. The van der Waals surface area contributed by atoms with E-state index in [4.69, 9.17) is 40.2 Å². The number of esters is 2. The maximum atomic E-state index is 12.8. The average Bonchev–Trinajstić information content (AvgIpc) is 1.63. The average molecular weight is 1740 g/mol. The molecule has 8 saturated carbocycles. The van der Waals surface area contributed by atoms with Gasteiger partial charge in [-0.25, -0.2) is 71.1 Å². The van der Waals surface area contributed by atoms with E-state index in [2.05, 4.69) is 71.2 Å². The number of fused-ring (bicyclic) bond motifs is 4. The molecule has 26 nitrogen and oxygen atoms in total. The van der Waals surface area contributed by atoms with Crippen molar-refractivity contribution in [3.05, 3.63) is 154 Å². The second-order valence-electron chi connectivity index (χ2n) is 35.4. The second-order valence-corrected chi connectivity index (χ2v) is 39.9. The molecule has 18 rings (SSSR count). The van der Waals surface area contributed by atoms with Gasteiger partial charge in [0.1, 0.15) is 45.4 Å². The van der Waals surface area contributed by atoms with E-state index in [0.29, 0.717) is 75.6 Å². The number of halogens is 1. The third-order valence-corrected chi connectivity index (χ3v) is 29.4. The number of imidazole rings is 4. The molecule has 0 aliphatic heterocycles. The number of amides is 1. The Bertz CT molecular complexity index is 5350. The van der Waals surface area contributed by atoms with Gasteiger partial charge in [0.25, 0.3) is 5.91 Å². The van der Waals surface area contributed by atoms with E-state index in [0.717, 1.165) is 140 Å². The number of aromatic nitrogens is 12. The number of benzene rings is 2. The van der Waals surface area contributed by atoms with E-state index in [1.807, 2.05) is 18.2 Å². The molecule has 0 atom stereocenters. The molecular formula is C92H122ClN14NaO12S2. The van der Waals surface area contributed by atoms with Gasteiger partial charge in [-0.1, -0.05) is 117 Å². The number of aromatic carboxylic acids is 1. The summed E-state index contributed by atoms with van der Waals surface area (Å²) in [5, 5.41) is 12.1. The first-order chi connectivity index (χ1) is 57.4. The molecule has 0 unspecified atom stereocenters. The molecule has 5 N–H and O–H groups in total. The number of nitrogens with two attached hydrogens (primary N) is 1. The molecule has 8 aromatic heterocycles. The van der Waals surface area contributed by atoms with Gasteiger partial charge in [0.15, 0.2) is 42.3 Å². The van der Waals surface area contributed by atoms with Gasteiger partial charge in [-0.15, -0.1) is 12.4 Å². The van der Waals surface area contributed by atoms with Gasteiger partial charge in [0.2, 0.25) is 0 Å². The van der Waals surface area contributed by atoms with Crippen molar-refractivity contribution >= 4 is 101 Å². The Kier molecular flexibility index (Phi) is 32.8. The number of nitrogens with one attached hydrogen (secondary N) is 1. The maximum absolute atomic E-state index is 12.8. The summed E-state index contributed by atoms with van der Waals surface area (Å²) in [4.78, 5) is 85.7. The van der Waals surface area contributed by atoms with E-state index >= 15 is 0 Å². The SMILES string of the molecule is CC1CCC(Cc2nc3cc(C(=O)O)cnc3n2C2CC2)CC1.CCS(=O)(=O)c1ccc(CN)cc1.CCS(=O)(=O)c1ccc(CNC(=O)c2cnc3c(c2)nc(CC2CCC(C)CC2)n3C2CC2)cc1.COC(=O)c1cnc2c(c1)nc(CC1CCC(C)CC1)n2C1CC1.COC(=O)c1cnc2c(c1)nc(CC1CCC(C)CC1)n2C1CC1.Cl.[Na+].[OH-]. The number of hydrogen-bond acceptors (Lipinski definition) is 20. The van der Waals surface area contributed by atoms with Crippen molar-refractivity contribution < 1.29 is 85.6 Å². The van der Waals surface area contributed by atoms with Crippen LogP contribution in [0, 0.1) is 47.3 Å². The Balaban J connectivity index is 0.000000152. The Labute approximate surface area is 745 Å². The first-order valence-corrected chi connectivity index (χ1v) is 47.2. The number of ether oxygens (including phenoxy) is 2. The van der Waals surface area contributed by atoms with Crippen molar-refractivity contribution in [2.75, 3.05) is 25.7 Å². The number of carboxylic acid groups (broad SMARTS) is 1. The second kappa shape index (κ2) is 42.3. The number of carboxylic acids is 1. The molecule has 0 saturated heterocycles. The summed E-state index contributed by atoms with van der Waals surface area (Å²) in [5.74, 6) is 9.15. The van der Waals surface area contributed by atoms with Crippen molar-refractivity contribution in [3.63, 3.8) is 0 Å². The summed E-state index contributed by atoms with van der Waals surface area (Å²) in [6.07, 6.45) is 40.8. The summed E-state index contributed by atoms with van der Waals surface area (Å²) in [6, 6.07) is 22.6. The Morgan fingerprint density at radius 1 is 0.418 bits per heavy atom. The molecule has 8 aliphatic rings. The predicted octanol–water partition coefficient (Wildman–Crippen LogP) is 14.7. The molecule has 10 aromatic rings. The minimum Gasteiger partial charge on any atom is -0.870 e. The van der Waals surface area contributed by atoms with Gasteiger partial charge in [0.05, 0.1) is 57.8 Å². The minimum absolute atomic E-state index is 0. The van der Waals surface area contributed by atoms with Crippen LogP contribution in [0.15, 0.2) is 107 Å². The van der Waals surface area contributed by atoms with Crippen LogP contribution in [0.25, 0.3) is 44.7 Å². The molecule has 30 heteroatoms. The number of methoxy groups -OCH3 is 2. The Morgan fingerprint density at radius 3 is 0.943 bits per heavy atom. The van der Waals surface area contributed by atoms with Crippen molar-refractivity contribution in [2.45, 2.75) is 268 Å². The first-order valence-electron chi connectivity index (χ1n) is 43.8. The van der Waals surface area contributed by atoms with E-state index in [-0.39, 0.29) is 82.4 Å². The fourth-order valence-electron chi connectivity index (χ4n) is 17.7. The summed E-state index contributed by atoms with van der Waals surface area (Å²) in [7, 11) is -3.51. The standard InChI is InChI=1S/C27H34N4O3S.2C19H25N3O2.C18H23N3O2.C9H13NO2S.ClH.Na.H2O/c1-3-35(33,34)23-12-8-20(9-13-23)16-29-27(32)21-15-24-26(28-17-21)31(22-10-11-22)25(30-24)14-19-6-4-18(2)5-7-19;2*1-12-3-5-13(6-4-12)9-17-21-16-10-14(19(23)24-2)11-20-18(16)22(17)15-7-8-15;1-11-2-4-12(5-3-11)8-16-20-15-9-13(18(22)23)10-19-17(15)21(16)14-6-7-14;1-2-13(11,12)9-5-3-8(7-10)4-6-9;;;/h8-9,12-13,15,17-19,22H,3-7,10-11,14,16H2,1-2H3,(H,29,32);2*10-13,15H,3-9H2,1-2H3;9-12,14H,2-8H2,1H3,(H,22,23);3-6H,2,7,10H2,1H3;1H;;1H2/q;;;;;;+1;/p-1. The third kappa shape index (κ3) is 23.7. The molecule has 8 fully saturated rings. The quantitative estimate of drug-likeness (QED) is 0.0395. The van der Waals surface area contributed by atoms with Crippen LogP contribution >= 0.6 is 12.4 Å². The van der Waals surface area contributed by atoms with Crippen molar-refractivity contribution in [3.8, 4) is 0 Å². The molecule has 8 aliphatic carbocycles. The van der Waals surface area contributed by atoms with Gasteiger partial charge in [0, 0.05) is 87.7 Å². The number of carbonyl (C=O) groups is 4. The molecule has 0 spiro atoms. The van der Waals surface area contributed by atoms with E-state index in [9.17, 15) is 36.0 Å². The molecule has 0 radical (unpaired) electrons. The van der Waals surface area contributed by atoms with Gasteiger partial charge in [-0.05, 0) is 210 Å². The van der Waals surface area contributed by atoms with Crippen LogP contribution in [-0.4, -0.2) is 135 Å². The van der Waals surface area contributed by atoms with Crippen LogP contribution in [0.4, 0.5) is 0 Å². The molecule has 652 valence electrons. The Hall–Kier alpha value is -8.09. The third-order valence-electron chi connectivity index (χ3n) is 25.9. The first kappa shape index (κ1) is 94.6. The van der Waals surface area contributed by atoms with Crippen LogP contribution in [-0.2, 0) is 67.9 Å². The predicted molar refractivity (Wildman–Crippen MR) is 469 cm³/mol. The van der Waals surface area contributed by atoms with Gasteiger partial charge in [-0.2, -0.15) is 0 Å². The zero-order valence-corrected chi connectivity index (χ0v) is 76.9. The van der Waals surface area contributed by atoms with Crippen LogP contribution in [0.1, 0.15) is 296 Å². The van der Waals surface area contributed by atoms with Crippen LogP contribution in [0.5, 0.6) is 0 Å². The smallest absolute Gasteiger partial charge is 0.870 e. The van der Waals surface area contributed by atoms with Gasteiger partial charge < -0.3 is 49.4 Å². The van der Waals surface area contributed by atoms with E-state index in [1.54, 1.807) is 87.0 Å². The fraction of sp³-hybridized carbons (Fsp3) is 0.565. The molecule has 1 amide bonds. The number of nitrogens with zero attached hydrogens (tertiary/aromatic N) is 12.